The van der Waals surface area contributed by atoms with Gasteiger partial charge in [-0.15, -0.1) is 0 Å². The first-order valence-corrected chi connectivity index (χ1v) is 9.95. The molecule has 3 heterocycles. The van der Waals surface area contributed by atoms with Crippen LogP contribution in [-0.4, -0.2) is 26.5 Å². The highest BCUT2D eigenvalue weighted by Crippen LogP contribution is 2.30. The van der Waals surface area contributed by atoms with Gasteiger partial charge in [0.15, 0.2) is 0 Å². The van der Waals surface area contributed by atoms with E-state index in [0.29, 0.717) is 31.1 Å². The monoisotopic (exact) mass is 402 g/mol. The van der Waals surface area contributed by atoms with Gasteiger partial charge in [0.05, 0.1) is 18.7 Å². The summed E-state index contributed by atoms with van der Waals surface area (Å²) < 4.78 is 0. The minimum Gasteiger partial charge on any atom is -0.334 e. The van der Waals surface area contributed by atoms with Crippen molar-refractivity contribution in [2.75, 3.05) is 0 Å². The van der Waals surface area contributed by atoms with Gasteiger partial charge in [0.25, 0.3) is 0 Å². The second-order valence-corrected chi connectivity index (χ2v) is 7.95. The molecular weight excluding hydrogens is 384 g/mol. The Labute approximate surface area is 174 Å². The summed E-state index contributed by atoms with van der Waals surface area (Å²) in [6.45, 7) is 3.65. The van der Waals surface area contributed by atoms with Gasteiger partial charge in [-0.2, -0.15) is 0 Å². The number of nitrogens with zero attached hydrogens (tertiary/aromatic N) is 4. The van der Waals surface area contributed by atoms with E-state index in [9.17, 15) is 4.79 Å². The van der Waals surface area contributed by atoms with Crippen LogP contribution < -0.4 is 0 Å². The molecule has 2 aliphatic rings. The normalized spacial score (nSPS) is 15.2. The van der Waals surface area contributed by atoms with Crippen molar-refractivity contribution in [1.82, 2.24) is 14.9 Å². The van der Waals surface area contributed by atoms with Crippen molar-refractivity contribution in [1.29, 1.82) is 0 Å². The highest BCUT2D eigenvalue weighted by Gasteiger charge is 2.27. The summed E-state index contributed by atoms with van der Waals surface area (Å²) >= 11 is 6.10. The van der Waals surface area contributed by atoms with E-state index in [1.807, 2.05) is 48.5 Å². The quantitative estimate of drug-likeness (QED) is 0.668. The van der Waals surface area contributed by atoms with Crippen LogP contribution in [0.25, 0.3) is 0 Å². The Morgan fingerprint density at radius 3 is 2.69 bits per heavy atom. The molecule has 3 aromatic rings. The van der Waals surface area contributed by atoms with Crippen molar-refractivity contribution in [3.05, 3.63) is 93.0 Å². The number of benzene rings is 2. The molecule has 0 radical (unpaired) electrons. The first kappa shape index (κ1) is 18.0. The summed E-state index contributed by atoms with van der Waals surface area (Å²) in [6, 6.07) is 12.0. The van der Waals surface area contributed by atoms with Gasteiger partial charge in [-0.3, -0.25) is 9.79 Å². The Balaban J connectivity index is 1.45. The minimum atomic E-state index is 0.142. The maximum Gasteiger partial charge on any atom is 0.227 e. The number of carbonyl (C=O) groups is 1. The molecule has 5 nitrogen and oxygen atoms in total. The lowest BCUT2D eigenvalue weighted by Gasteiger charge is -2.29. The molecule has 0 saturated heterocycles. The fourth-order valence-electron chi connectivity index (χ4n) is 3.98. The molecule has 0 N–H and O–H groups in total. The van der Waals surface area contributed by atoms with Crippen molar-refractivity contribution >= 4 is 23.2 Å². The van der Waals surface area contributed by atoms with Gasteiger partial charge >= 0.3 is 0 Å². The van der Waals surface area contributed by atoms with E-state index in [2.05, 4.69) is 22.1 Å². The standard InChI is InChI=1S/C23H19ClN4O/c1-14-25-10-19(11-26-14)23-21-7-18-13-28(12-15-3-2-4-20(24)5-15)22(29)8-16(18)6-17(21)9-27-23/h2-7,10-11H,8-9,12-13H2,1H3. The molecule has 29 heavy (non-hydrogen) atoms. The van der Waals surface area contributed by atoms with Crippen LogP contribution in [0, 0.1) is 6.92 Å². The molecule has 0 spiro atoms. The Kier molecular flexibility index (Phi) is 4.40. The lowest BCUT2D eigenvalue weighted by atomic mass is 9.91. The number of amides is 1. The predicted molar refractivity (Wildman–Crippen MR) is 112 cm³/mol. The number of fused-ring (bicyclic) bond motifs is 2. The number of aliphatic imine (C=N–C) groups is 1. The summed E-state index contributed by atoms with van der Waals surface area (Å²) in [6.07, 6.45) is 4.07. The van der Waals surface area contributed by atoms with Gasteiger partial charge in [-0.25, -0.2) is 9.97 Å². The predicted octanol–water partition coefficient (Wildman–Crippen LogP) is 3.87. The van der Waals surface area contributed by atoms with Gasteiger partial charge in [0.1, 0.15) is 5.82 Å². The largest absolute Gasteiger partial charge is 0.334 e. The van der Waals surface area contributed by atoms with Crippen LogP contribution in [0.3, 0.4) is 0 Å². The van der Waals surface area contributed by atoms with E-state index < -0.39 is 0 Å². The molecule has 0 aliphatic carbocycles. The van der Waals surface area contributed by atoms with Crippen molar-refractivity contribution in [2.24, 2.45) is 4.99 Å². The number of hydrogen-bond donors (Lipinski definition) is 0. The van der Waals surface area contributed by atoms with E-state index in [1.54, 1.807) is 0 Å². The first-order valence-electron chi connectivity index (χ1n) is 9.57. The van der Waals surface area contributed by atoms with Gasteiger partial charge in [0.2, 0.25) is 5.91 Å². The molecule has 2 aromatic carbocycles. The van der Waals surface area contributed by atoms with Crippen LogP contribution in [0.1, 0.15) is 39.2 Å². The third kappa shape index (κ3) is 3.42. The van der Waals surface area contributed by atoms with Crippen LogP contribution in [0.5, 0.6) is 0 Å². The molecule has 1 amide bonds. The topological polar surface area (TPSA) is 58.5 Å². The molecule has 5 rings (SSSR count). The number of aryl methyl sites for hydroxylation is 1. The Hall–Kier alpha value is -3.05. The molecule has 1 aromatic heterocycles. The first-order chi connectivity index (χ1) is 14.1. The zero-order valence-electron chi connectivity index (χ0n) is 16.0. The Morgan fingerprint density at radius 2 is 1.90 bits per heavy atom. The third-order valence-corrected chi connectivity index (χ3v) is 5.70. The number of carbonyl (C=O) groups excluding carboxylic acids is 1. The van der Waals surface area contributed by atoms with E-state index in [1.165, 1.54) is 5.56 Å². The second kappa shape index (κ2) is 7.08. The zero-order chi connectivity index (χ0) is 20.0. The van der Waals surface area contributed by atoms with Crippen molar-refractivity contribution < 1.29 is 4.79 Å². The highest BCUT2D eigenvalue weighted by atomic mass is 35.5. The average molecular weight is 403 g/mol. The molecule has 0 unspecified atom stereocenters. The lowest BCUT2D eigenvalue weighted by Crippen LogP contribution is -2.35. The van der Waals surface area contributed by atoms with Crippen LogP contribution in [0.2, 0.25) is 5.02 Å². The van der Waals surface area contributed by atoms with Crippen molar-refractivity contribution in [3.63, 3.8) is 0 Å². The lowest BCUT2D eigenvalue weighted by molar-refractivity contribution is -0.132. The van der Waals surface area contributed by atoms with E-state index >= 15 is 0 Å². The molecular formula is C23H19ClN4O. The summed E-state index contributed by atoms with van der Waals surface area (Å²) in [4.78, 5) is 27.9. The number of halogens is 1. The minimum absolute atomic E-state index is 0.142. The highest BCUT2D eigenvalue weighted by molar-refractivity contribution is 6.30. The van der Waals surface area contributed by atoms with Crippen molar-refractivity contribution in [3.8, 4) is 0 Å². The molecule has 0 atom stereocenters. The third-order valence-electron chi connectivity index (χ3n) is 5.46. The smallest absolute Gasteiger partial charge is 0.227 e. The van der Waals surface area contributed by atoms with Crippen LogP contribution in [-0.2, 0) is 30.8 Å². The van der Waals surface area contributed by atoms with E-state index in [-0.39, 0.29) is 5.91 Å². The number of aromatic nitrogens is 2. The molecule has 0 saturated carbocycles. The summed E-state index contributed by atoms with van der Waals surface area (Å²) in [7, 11) is 0. The molecule has 2 aliphatic heterocycles. The van der Waals surface area contributed by atoms with E-state index in [0.717, 1.165) is 39.4 Å². The number of hydrogen-bond acceptors (Lipinski definition) is 4. The number of rotatable bonds is 3. The molecule has 0 bridgehead atoms. The molecule has 6 heteroatoms. The fourth-order valence-corrected chi connectivity index (χ4v) is 4.20. The maximum absolute atomic E-state index is 12.7. The average Bonchev–Trinajstić information content (AvgIpc) is 3.10. The van der Waals surface area contributed by atoms with Gasteiger partial charge in [0, 0.05) is 41.6 Å². The SMILES string of the molecule is Cc1ncc(C2=NCc3cc4c(cc32)CN(Cc2cccc(Cl)c2)C(=O)C4)cn1. The molecule has 0 fully saturated rings. The van der Waals surface area contributed by atoms with Gasteiger partial charge in [-0.1, -0.05) is 29.8 Å². The summed E-state index contributed by atoms with van der Waals surface area (Å²) in [5.41, 5.74) is 7.46. The Bertz CT molecular complexity index is 1150. The fraction of sp³-hybridized carbons (Fsp3) is 0.217. The van der Waals surface area contributed by atoms with Crippen LogP contribution >= 0.6 is 11.6 Å². The van der Waals surface area contributed by atoms with E-state index in [4.69, 9.17) is 16.6 Å². The zero-order valence-corrected chi connectivity index (χ0v) is 16.8. The summed E-state index contributed by atoms with van der Waals surface area (Å²) in [5.74, 6) is 0.886. The molecule has 144 valence electrons. The second-order valence-electron chi connectivity index (χ2n) is 7.52. The van der Waals surface area contributed by atoms with Gasteiger partial charge in [-0.05, 0) is 47.4 Å². The van der Waals surface area contributed by atoms with Crippen LogP contribution in [0.15, 0.2) is 53.8 Å². The maximum atomic E-state index is 12.7. The van der Waals surface area contributed by atoms with Crippen LogP contribution in [0.4, 0.5) is 0 Å². The van der Waals surface area contributed by atoms with Gasteiger partial charge < -0.3 is 4.90 Å². The van der Waals surface area contributed by atoms with Crippen molar-refractivity contribution in [2.45, 2.75) is 33.0 Å². The summed E-state index contributed by atoms with van der Waals surface area (Å²) in [5, 5.41) is 0.686. The Morgan fingerprint density at radius 1 is 1.07 bits per heavy atom.